The summed E-state index contributed by atoms with van der Waals surface area (Å²) in [5, 5.41) is 61.3. The second-order valence-electron chi connectivity index (χ2n) is 10.8. The zero-order valence-corrected chi connectivity index (χ0v) is 30.0. The van der Waals surface area contributed by atoms with Gasteiger partial charge in [-0.2, -0.15) is 10.2 Å². The summed E-state index contributed by atoms with van der Waals surface area (Å²) >= 11 is 0. The van der Waals surface area contributed by atoms with Crippen LogP contribution in [0, 0.1) is 10.8 Å². The third kappa shape index (κ3) is 11.2. The van der Waals surface area contributed by atoms with Gasteiger partial charge < -0.3 is 31.4 Å². The Labute approximate surface area is 269 Å². The van der Waals surface area contributed by atoms with Gasteiger partial charge in [0.2, 0.25) is 0 Å². The average Bonchev–Trinajstić information content (AvgIpc) is 2.79. The first-order valence-corrected chi connectivity index (χ1v) is 12.0. The number of hydrogen-bond donors (Lipinski definition) is 0. The Bertz CT molecular complexity index is 1270. The summed E-state index contributed by atoms with van der Waals surface area (Å²) in [4.78, 5) is 23.7. The summed E-state index contributed by atoms with van der Waals surface area (Å²) in [5.74, 6) is -1.82. The largest absolute Gasteiger partial charge is 2.00 e. The van der Waals surface area contributed by atoms with Gasteiger partial charge in [-0.25, -0.2) is 0 Å². The molecule has 0 amide bonds. The van der Waals surface area contributed by atoms with Crippen molar-refractivity contribution in [2.45, 2.75) is 53.4 Å². The van der Waals surface area contributed by atoms with Crippen molar-refractivity contribution in [3.63, 3.8) is 0 Å². The van der Waals surface area contributed by atoms with Crippen molar-refractivity contribution < 1.29 is 79.9 Å². The minimum atomic E-state index is -0.330. The van der Waals surface area contributed by atoms with Gasteiger partial charge in [-0.05, 0) is 35.8 Å². The summed E-state index contributed by atoms with van der Waals surface area (Å²) in [6.45, 7) is 7.46. The van der Waals surface area contributed by atoms with Gasteiger partial charge in [0.25, 0.3) is 0 Å². The van der Waals surface area contributed by atoms with E-state index in [1.54, 1.807) is 24.3 Å². The molecule has 2 aliphatic rings. The van der Waals surface area contributed by atoms with Crippen molar-refractivity contribution in [2.75, 3.05) is 0 Å². The summed E-state index contributed by atoms with van der Waals surface area (Å²) in [7, 11) is 0. The second-order valence-corrected chi connectivity index (χ2v) is 10.8. The number of hydrogen-bond acceptors (Lipinski definition) is 10. The maximum Gasteiger partial charge on any atom is 2.00 e. The molecule has 2 aromatic carbocycles. The molecule has 0 aromatic heterocycles. The Hall–Kier alpha value is -3.17. The molecule has 0 saturated carbocycles. The van der Waals surface area contributed by atoms with Crippen LogP contribution in [0.15, 0.2) is 91.9 Å². The van der Waals surface area contributed by atoms with E-state index in [0.29, 0.717) is 0 Å². The fraction of sp³-hybridized carbons (Fsp3) is 0.357. The third-order valence-electron chi connectivity index (χ3n) is 5.86. The number of carbonyl (C=O) groups excluding carboxylic acids is 2. The minimum absolute atomic E-state index is 0. The Morgan fingerprint density at radius 3 is 1.14 bits per heavy atom. The van der Waals surface area contributed by atoms with E-state index in [1.807, 2.05) is 27.7 Å². The average molecular weight is 683 g/mol. The number of nitrogens with zero attached hydrogens (tertiary/aromatic N) is 4. The molecule has 14 heteroatoms. The molecular formula is C28H32N4O8Zn2. The van der Waals surface area contributed by atoms with Crippen LogP contribution in [0.4, 0.5) is 11.4 Å². The van der Waals surface area contributed by atoms with Gasteiger partial charge in [0, 0.05) is 12.8 Å². The number of allylic oxidation sites excluding steroid dienone is 4. The Kier molecular flexibility index (Phi) is 16.6. The Balaban J connectivity index is 0. The molecular weight excluding hydrogens is 651 g/mol. The van der Waals surface area contributed by atoms with Crippen molar-refractivity contribution >= 4 is 22.9 Å². The van der Waals surface area contributed by atoms with Gasteiger partial charge in [-0.15, -0.1) is 10.2 Å². The molecule has 42 heavy (non-hydrogen) atoms. The van der Waals surface area contributed by atoms with E-state index < -0.39 is 0 Å². The molecule has 12 nitrogen and oxygen atoms in total. The smallest absolute Gasteiger partial charge is 0.874 e. The van der Waals surface area contributed by atoms with Crippen molar-refractivity contribution in [1.29, 1.82) is 0 Å². The van der Waals surface area contributed by atoms with Crippen LogP contribution in [0.1, 0.15) is 53.4 Å². The standard InChI is InChI=1S/2C14H16N2O3.2H2O.2Zn/c2*1-14(2)7-11(18)13(12(19)8-14)16-15-9-5-3-4-6-10(9)17;;;;/h2*3-6,17-18H,7-8H2,1-2H3;2*1H2;;/q;;;;2*+2/p-4. The number of benzene rings is 2. The number of Topliss-reactive ketones (excluding diaryl/α,β-unsaturated/α-hetero) is 2. The molecule has 0 bridgehead atoms. The first-order valence-electron chi connectivity index (χ1n) is 12.0. The van der Waals surface area contributed by atoms with Crippen LogP contribution < -0.4 is 20.4 Å². The van der Waals surface area contributed by atoms with Gasteiger partial charge in [0.05, 0.1) is 11.4 Å². The topological polar surface area (TPSA) is 239 Å². The maximum absolute atomic E-state index is 11.8. The summed E-state index contributed by atoms with van der Waals surface area (Å²) in [6, 6.07) is 12.2. The van der Waals surface area contributed by atoms with Crippen LogP contribution in [0.25, 0.3) is 0 Å². The Morgan fingerprint density at radius 2 is 0.857 bits per heavy atom. The fourth-order valence-corrected chi connectivity index (χ4v) is 4.02. The molecule has 0 atom stereocenters. The van der Waals surface area contributed by atoms with E-state index in [9.17, 15) is 30.0 Å². The molecule has 2 aromatic rings. The molecule has 2 aliphatic carbocycles. The zero-order chi connectivity index (χ0) is 28.1. The normalized spacial score (nSPS) is 17.3. The number of carbonyl (C=O) groups is 2. The number of ketones is 2. The zero-order valence-electron chi connectivity index (χ0n) is 24.1. The van der Waals surface area contributed by atoms with E-state index >= 15 is 0 Å². The van der Waals surface area contributed by atoms with Crippen molar-refractivity contribution in [2.24, 2.45) is 31.3 Å². The van der Waals surface area contributed by atoms with Crippen LogP contribution in [0.5, 0.6) is 11.5 Å². The molecule has 0 aliphatic heterocycles. The SMILES string of the molecule is CC1(C)CC(=O)C(N=Nc2ccccc2[O-])=C([O-])C1.CC1(C)CC(=O)C(N=Nc2ccccc2[O-])=C([O-])C1.O.O.[Zn+2].[Zn+2]. The molecule has 0 saturated heterocycles. The molecule has 0 spiro atoms. The number of rotatable bonds is 4. The van der Waals surface area contributed by atoms with Crippen molar-refractivity contribution in [3.8, 4) is 11.5 Å². The maximum atomic E-state index is 11.8. The number of azo groups is 2. The summed E-state index contributed by atoms with van der Waals surface area (Å²) in [5.41, 5.74) is -0.709. The van der Waals surface area contributed by atoms with Gasteiger partial charge >= 0.3 is 39.0 Å². The molecule has 0 unspecified atom stereocenters. The second kappa shape index (κ2) is 17.1. The summed E-state index contributed by atoms with van der Waals surface area (Å²) < 4.78 is 0. The summed E-state index contributed by atoms with van der Waals surface area (Å²) in [6.07, 6.45) is 1.08. The molecule has 4 N–H and O–H groups in total. The first-order chi connectivity index (χ1) is 17.8. The van der Waals surface area contributed by atoms with Gasteiger partial charge in [-0.3, -0.25) is 9.59 Å². The van der Waals surface area contributed by atoms with Gasteiger partial charge in [0.1, 0.15) is 11.4 Å². The fourth-order valence-electron chi connectivity index (χ4n) is 4.02. The quantitative estimate of drug-likeness (QED) is 0.344. The van der Waals surface area contributed by atoms with Gasteiger partial charge in [-0.1, -0.05) is 87.1 Å². The van der Waals surface area contributed by atoms with E-state index in [2.05, 4.69) is 20.5 Å². The molecule has 216 valence electrons. The molecule has 0 heterocycles. The van der Waals surface area contributed by atoms with Crippen LogP contribution in [-0.4, -0.2) is 22.5 Å². The van der Waals surface area contributed by atoms with Crippen molar-refractivity contribution in [1.82, 2.24) is 0 Å². The van der Waals surface area contributed by atoms with E-state index in [0.717, 1.165) is 0 Å². The number of para-hydroxylation sites is 2. The predicted molar refractivity (Wildman–Crippen MR) is 138 cm³/mol. The molecule has 0 fully saturated rings. The monoisotopic (exact) mass is 680 g/mol. The predicted octanol–water partition coefficient (Wildman–Crippen LogP) is 1.96. The molecule has 4 rings (SSSR count). The first kappa shape index (κ1) is 41.0. The Morgan fingerprint density at radius 1 is 0.548 bits per heavy atom. The van der Waals surface area contributed by atoms with Gasteiger partial charge in [0.15, 0.2) is 11.6 Å². The minimum Gasteiger partial charge on any atom is -0.874 e. The van der Waals surface area contributed by atoms with Crippen LogP contribution in [-0.2, 0) is 48.5 Å². The van der Waals surface area contributed by atoms with E-state index in [1.165, 1.54) is 24.3 Å². The van der Waals surface area contributed by atoms with Crippen LogP contribution >= 0.6 is 0 Å². The van der Waals surface area contributed by atoms with Crippen molar-refractivity contribution in [3.05, 3.63) is 71.4 Å². The van der Waals surface area contributed by atoms with Crippen LogP contribution in [0.3, 0.4) is 0 Å². The molecule has 0 radical (unpaired) electrons. The third-order valence-corrected chi connectivity index (χ3v) is 5.86. The van der Waals surface area contributed by atoms with E-state index in [4.69, 9.17) is 0 Å². The van der Waals surface area contributed by atoms with Crippen LogP contribution in [0.2, 0.25) is 0 Å². The van der Waals surface area contributed by atoms with E-state index in [-0.39, 0.29) is 144 Å².